The zero-order valence-corrected chi connectivity index (χ0v) is 26.9. The number of halogens is 1. The summed E-state index contributed by atoms with van der Waals surface area (Å²) in [4.78, 5) is 27.3. The number of hydrogen-bond donors (Lipinski definition) is 2. The molecule has 2 N–H and O–H groups in total. The predicted molar refractivity (Wildman–Crippen MR) is 168 cm³/mol. The molecular weight excluding hydrogens is 608 g/mol. The largest absolute Gasteiger partial charge is 0.465 e. The highest BCUT2D eigenvalue weighted by atomic mass is 35.5. The second-order valence-corrected chi connectivity index (χ2v) is 13.9. The average molecular weight is 645 g/mol. The van der Waals surface area contributed by atoms with Gasteiger partial charge >= 0.3 is 12.1 Å². The van der Waals surface area contributed by atoms with Crippen LogP contribution in [0.5, 0.6) is 11.5 Å². The molecule has 10 nitrogen and oxygen atoms in total. The number of nitrogens with one attached hydrogen (secondary N) is 1. The van der Waals surface area contributed by atoms with Crippen LogP contribution in [0.25, 0.3) is 0 Å². The highest BCUT2D eigenvalue weighted by Gasteiger charge is 2.33. The molecule has 0 saturated heterocycles. The molecule has 0 saturated carbocycles. The van der Waals surface area contributed by atoms with E-state index in [9.17, 15) is 23.1 Å². The number of aryl methyl sites for hydroxylation is 1. The Labute approximate surface area is 262 Å². The Morgan fingerprint density at radius 1 is 1.07 bits per heavy atom. The number of hydrogen-bond acceptors (Lipinski definition) is 8. The van der Waals surface area contributed by atoms with Gasteiger partial charge in [0.1, 0.15) is 17.1 Å². The normalized spacial score (nSPS) is 15.5. The summed E-state index contributed by atoms with van der Waals surface area (Å²) in [5, 5.41) is 11.5. The van der Waals surface area contributed by atoms with Crippen LogP contribution in [0.4, 0.5) is 10.5 Å². The summed E-state index contributed by atoms with van der Waals surface area (Å²) in [5.41, 5.74) is 2.02. The summed E-state index contributed by atoms with van der Waals surface area (Å²) in [6, 6.07) is 16.7. The van der Waals surface area contributed by atoms with Gasteiger partial charge in [0.15, 0.2) is 0 Å². The van der Waals surface area contributed by atoms with Crippen molar-refractivity contribution in [2.45, 2.75) is 57.8 Å². The van der Waals surface area contributed by atoms with Gasteiger partial charge in [-0.25, -0.2) is 18.0 Å². The number of nitrogens with zero attached hydrogens (tertiary/aromatic N) is 1. The first-order valence-corrected chi connectivity index (χ1v) is 16.3. The number of carbonyl (C=O) groups excluding carboxylic acids is 2. The molecule has 3 aromatic carbocycles. The Morgan fingerprint density at radius 3 is 2.43 bits per heavy atom. The Kier molecular flexibility index (Phi) is 10.1. The van der Waals surface area contributed by atoms with E-state index < -0.39 is 33.8 Å². The number of carbonyl (C=O) groups is 2. The molecule has 1 aliphatic carbocycles. The maximum absolute atomic E-state index is 13.4. The van der Waals surface area contributed by atoms with E-state index in [1.165, 1.54) is 19.2 Å². The molecule has 0 heterocycles. The van der Waals surface area contributed by atoms with Crippen molar-refractivity contribution >= 4 is 39.4 Å². The van der Waals surface area contributed by atoms with Gasteiger partial charge < -0.3 is 24.2 Å². The molecule has 0 fully saturated rings. The zero-order chi connectivity index (χ0) is 32.2. The number of ether oxygens (including phenoxy) is 3. The zero-order valence-electron chi connectivity index (χ0n) is 25.3. The van der Waals surface area contributed by atoms with Crippen molar-refractivity contribution in [1.82, 2.24) is 4.90 Å². The van der Waals surface area contributed by atoms with E-state index in [-0.39, 0.29) is 23.8 Å². The Balaban J connectivity index is 1.58. The van der Waals surface area contributed by atoms with E-state index in [1.807, 2.05) is 18.2 Å². The van der Waals surface area contributed by atoms with Crippen molar-refractivity contribution in [3.05, 3.63) is 87.9 Å². The van der Waals surface area contributed by atoms with Crippen LogP contribution in [-0.4, -0.2) is 62.0 Å². The number of aliphatic hydroxyl groups excluding tert-OH is 1. The predicted octanol–water partition coefficient (Wildman–Crippen LogP) is 6.12. The summed E-state index contributed by atoms with van der Waals surface area (Å²) in [6.07, 6.45) is 1.37. The maximum Gasteiger partial charge on any atom is 0.410 e. The fourth-order valence-electron chi connectivity index (χ4n) is 5.03. The van der Waals surface area contributed by atoms with Crippen molar-refractivity contribution in [3.63, 3.8) is 0 Å². The van der Waals surface area contributed by atoms with Crippen LogP contribution < -0.4 is 9.46 Å². The first kappa shape index (κ1) is 33.1. The second kappa shape index (κ2) is 13.5. The van der Waals surface area contributed by atoms with Gasteiger partial charge in [-0.15, -0.1) is 0 Å². The monoisotopic (exact) mass is 644 g/mol. The molecule has 1 aliphatic rings. The maximum atomic E-state index is 13.4. The van der Waals surface area contributed by atoms with Crippen LogP contribution in [0.1, 0.15) is 60.3 Å². The smallest absolute Gasteiger partial charge is 0.410 e. The highest BCUT2D eigenvalue weighted by molar-refractivity contribution is 7.92. The van der Waals surface area contributed by atoms with Crippen molar-refractivity contribution in [2.75, 3.05) is 24.6 Å². The van der Waals surface area contributed by atoms with Crippen molar-refractivity contribution in [3.8, 4) is 11.5 Å². The lowest BCUT2D eigenvalue weighted by Crippen LogP contribution is -2.47. The van der Waals surface area contributed by atoms with E-state index >= 15 is 0 Å². The number of fused-ring (bicyclic) bond motifs is 1. The number of amides is 1. The number of sulfonamides is 1. The van der Waals surface area contributed by atoms with Gasteiger partial charge in [-0.3, -0.25) is 4.72 Å². The molecule has 236 valence electrons. The van der Waals surface area contributed by atoms with Crippen molar-refractivity contribution in [2.24, 2.45) is 0 Å². The fraction of sp³-hybridized carbons (Fsp3) is 0.375. The minimum atomic E-state index is -3.63. The van der Waals surface area contributed by atoms with E-state index in [1.54, 1.807) is 56.0 Å². The minimum absolute atomic E-state index is 0.000266. The Hall–Kier alpha value is -3.80. The second-order valence-electron chi connectivity index (χ2n) is 11.7. The number of aliphatic hydroxyl groups is 1. The summed E-state index contributed by atoms with van der Waals surface area (Å²) < 4.78 is 42.4. The molecule has 4 rings (SSSR count). The first-order chi connectivity index (χ1) is 20.6. The van der Waals surface area contributed by atoms with Gasteiger partial charge in [-0.05, 0) is 99.2 Å². The van der Waals surface area contributed by atoms with Crippen LogP contribution >= 0.6 is 11.6 Å². The first-order valence-electron chi connectivity index (χ1n) is 14.0. The van der Waals surface area contributed by atoms with Gasteiger partial charge in [-0.1, -0.05) is 29.8 Å². The van der Waals surface area contributed by atoms with E-state index in [0.29, 0.717) is 41.3 Å². The summed E-state index contributed by atoms with van der Waals surface area (Å²) >= 11 is 6.14. The van der Waals surface area contributed by atoms with E-state index in [2.05, 4.69) is 4.72 Å². The summed E-state index contributed by atoms with van der Waals surface area (Å²) in [7, 11) is -2.43. The third kappa shape index (κ3) is 8.87. The molecular formula is C32H37ClN2O8S. The summed E-state index contributed by atoms with van der Waals surface area (Å²) in [5.74, 6) is 0.0701. The molecule has 0 aromatic heterocycles. The van der Waals surface area contributed by atoms with Gasteiger partial charge in [0, 0.05) is 11.1 Å². The summed E-state index contributed by atoms with van der Waals surface area (Å²) in [6.45, 7) is 5.42. The SMILES string of the molecule is COC(=O)c1cc(Oc2ccc3c(c2)C[C@@H](N(C[C@H](O)c2cccc(Cl)c2)C(=O)OC(C)(C)C)CC3)ccc1NS(C)(=O)=O. The van der Waals surface area contributed by atoms with Crippen LogP contribution in [0, 0.1) is 0 Å². The number of rotatable bonds is 9. The molecule has 0 unspecified atom stereocenters. The third-order valence-electron chi connectivity index (χ3n) is 6.98. The Morgan fingerprint density at radius 2 is 1.77 bits per heavy atom. The number of benzene rings is 3. The van der Waals surface area contributed by atoms with Crippen LogP contribution in [-0.2, 0) is 32.3 Å². The molecule has 0 radical (unpaired) electrons. The molecule has 0 bridgehead atoms. The number of anilines is 1. The van der Waals surface area contributed by atoms with Gasteiger partial charge in [0.25, 0.3) is 0 Å². The standard InChI is InChI=1S/C32H37ClN2O8S/c1-32(2,3)43-31(38)35(19-29(36)21-7-6-8-23(33)15-21)24-11-9-20-10-12-25(17-22(20)16-24)42-26-13-14-28(34-44(5,39)40)27(18-26)30(37)41-4/h6-8,10,12-15,17-18,24,29,34,36H,9,11,16,19H2,1-5H3/t24-,29-/m0/s1. The van der Waals surface area contributed by atoms with Gasteiger partial charge in [0.2, 0.25) is 10.0 Å². The van der Waals surface area contributed by atoms with Crippen LogP contribution in [0.3, 0.4) is 0 Å². The van der Waals surface area contributed by atoms with Crippen molar-refractivity contribution in [1.29, 1.82) is 0 Å². The lowest BCUT2D eigenvalue weighted by molar-refractivity contribution is 0.00194. The van der Waals surface area contributed by atoms with E-state index in [4.69, 9.17) is 25.8 Å². The molecule has 1 amide bonds. The lowest BCUT2D eigenvalue weighted by Gasteiger charge is -2.37. The van der Waals surface area contributed by atoms with Crippen LogP contribution in [0.15, 0.2) is 60.7 Å². The average Bonchev–Trinajstić information content (AvgIpc) is 2.94. The van der Waals surface area contributed by atoms with Crippen LogP contribution in [0.2, 0.25) is 5.02 Å². The quantitative estimate of drug-likeness (QED) is 0.267. The third-order valence-corrected chi connectivity index (χ3v) is 7.81. The Bertz CT molecular complexity index is 1640. The molecule has 3 aromatic rings. The highest BCUT2D eigenvalue weighted by Crippen LogP contribution is 2.33. The fourth-order valence-corrected chi connectivity index (χ4v) is 5.81. The van der Waals surface area contributed by atoms with Gasteiger partial charge in [-0.2, -0.15) is 0 Å². The molecule has 12 heteroatoms. The molecule has 2 atom stereocenters. The number of esters is 1. The molecule has 44 heavy (non-hydrogen) atoms. The molecule has 0 spiro atoms. The number of methoxy groups -OCH3 is 1. The lowest BCUT2D eigenvalue weighted by atomic mass is 9.87. The van der Waals surface area contributed by atoms with E-state index in [0.717, 1.165) is 17.4 Å². The van der Waals surface area contributed by atoms with Gasteiger partial charge in [0.05, 0.1) is 37.3 Å². The molecule has 0 aliphatic heterocycles. The topological polar surface area (TPSA) is 131 Å². The van der Waals surface area contributed by atoms with Crippen molar-refractivity contribution < 1.29 is 37.3 Å². The minimum Gasteiger partial charge on any atom is -0.465 e.